The third-order valence-corrected chi connectivity index (χ3v) is 7.21. The fourth-order valence-corrected chi connectivity index (χ4v) is 5.29. The minimum absolute atomic E-state index is 0.246. The van der Waals surface area contributed by atoms with Gasteiger partial charge in [-0.2, -0.15) is 0 Å². The normalized spacial score (nSPS) is 12.7. The van der Waals surface area contributed by atoms with Crippen LogP contribution in [-0.4, -0.2) is 4.40 Å². The first kappa shape index (κ1) is 19.0. The third kappa shape index (κ3) is 2.21. The van der Waals surface area contributed by atoms with Crippen LogP contribution in [0, 0.1) is 26.2 Å². The number of halogens is 1. The Morgan fingerprint density at radius 1 is 0.969 bits per heavy atom. The van der Waals surface area contributed by atoms with Crippen LogP contribution in [0.1, 0.15) is 30.5 Å². The quantitative estimate of drug-likeness (QED) is 0.121. The molecule has 156 valence electrons. The number of nitrogens with zero attached hydrogens (tertiary/aromatic N) is 3. The van der Waals surface area contributed by atoms with E-state index < -0.39 is 5.54 Å². The van der Waals surface area contributed by atoms with E-state index in [0.717, 1.165) is 43.7 Å². The SMILES string of the molecule is [C-]#[N+]C(C)(C)c1cc2cc[n+](C)c3c4c(C)c(C)cc5c6ccc(F)cc6n(c(c1)c23)c54. The van der Waals surface area contributed by atoms with E-state index in [0.29, 0.717) is 0 Å². The molecule has 0 saturated carbocycles. The lowest BCUT2D eigenvalue weighted by Gasteiger charge is -2.17. The summed E-state index contributed by atoms with van der Waals surface area (Å²) in [5, 5.41) is 5.62. The molecule has 6 rings (SSSR count). The summed E-state index contributed by atoms with van der Waals surface area (Å²) in [6.07, 6.45) is 2.10. The highest BCUT2D eigenvalue weighted by Gasteiger charge is 2.30. The second kappa shape index (κ2) is 5.95. The van der Waals surface area contributed by atoms with Gasteiger partial charge in [0, 0.05) is 36.2 Å². The highest BCUT2D eigenvalue weighted by atomic mass is 19.1. The monoisotopic (exact) mass is 420 g/mol. The van der Waals surface area contributed by atoms with E-state index in [2.05, 4.69) is 65.2 Å². The fourth-order valence-electron chi connectivity index (χ4n) is 5.29. The number of aryl methyl sites for hydroxylation is 3. The van der Waals surface area contributed by atoms with Crippen molar-refractivity contribution >= 4 is 49.0 Å². The summed E-state index contributed by atoms with van der Waals surface area (Å²) in [5.74, 6) is -0.246. The Balaban J connectivity index is 2.06. The highest BCUT2D eigenvalue weighted by Crippen LogP contribution is 2.43. The Hall–Kier alpha value is -3.71. The van der Waals surface area contributed by atoms with Crippen molar-refractivity contribution < 1.29 is 8.96 Å². The first-order valence-electron chi connectivity index (χ1n) is 10.8. The predicted molar refractivity (Wildman–Crippen MR) is 129 cm³/mol. The molecule has 0 bridgehead atoms. The number of rotatable bonds is 1. The minimum Gasteiger partial charge on any atom is -0.307 e. The van der Waals surface area contributed by atoms with Crippen LogP contribution < -0.4 is 4.57 Å². The maximum Gasteiger partial charge on any atom is 0.252 e. The lowest BCUT2D eigenvalue weighted by Crippen LogP contribution is -2.29. The standard InChI is InChI=1S/C28H23FN3/c1-15-11-21-20-8-7-19(29)14-22(20)32-23-13-18(28(3,4)30-5)12-17-9-10-31(6)27(25(17)23)24(16(15)2)26(21)32/h7-14H,1-4,6H3/q+1. The van der Waals surface area contributed by atoms with Crippen LogP contribution in [0.3, 0.4) is 0 Å². The van der Waals surface area contributed by atoms with Crippen LogP contribution in [-0.2, 0) is 12.6 Å². The van der Waals surface area contributed by atoms with Crippen molar-refractivity contribution in [3.63, 3.8) is 0 Å². The number of hydrogen-bond acceptors (Lipinski definition) is 0. The molecule has 0 saturated heterocycles. The number of pyridine rings is 2. The lowest BCUT2D eigenvalue weighted by molar-refractivity contribution is -0.643. The number of benzene rings is 3. The molecule has 3 aromatic carbocycles. The zero-order chi connectivity index (χ0) is 22.5. The van der Waals surface area contributed by atoms with Gasteiger partial charge in [0.25, 0.3) is 5.54 Å². The van der Waals surface area contributed by atoms with Gasteiger partial charge in [0.2, 0.25) is 5.52 Å². The lowest BCUT2D eigenvalue weighted by atomic mass is 9.90. The van der Waals surface area contributed by atoms with E-state index >= 15 is 0 Å². The molecule has 0 atom stereocenters. The van der Waals surface area contributed by atoms with E-state index in [4.69, 9.17) is 6.57 Å². The summed E-state index contributed by atoms with van der Waals surface area (Å²) in [5.41, 5.74) is 6.94. The maximum absolute atomic E-state index is 14.5. The molecule has 4 heteroatoms. The molecule has 0 unspecified atom stereocenters. The smallest absolute Gasteiger partial charge is 0.252 e. The summed E-state index contributed by atoms with van der Waals surface area (Å²) in [4.78, 5) is 3.89. The van der Waals surface area contributed by atoms with Crippen LogP contribution in [0.2, 0.25) is 0 Å². The van der Waals surface area contributed by atoms with E-state index in [1.807, 2.05) is 19.9 Å². The zero-order valence-corrected chi connectivity index (χ0v) is 18.8. The Labute approximate surface area is 185 Å². The Morgan fingerprint density at radius 3 is 2.50 bits per heavy atom. The Morgan fingerprint density at radius 2 is 1.75 bits per heavy atom. The summed E-state index contributed by atoms with van der Waals surface area (Å²) in [7, 11) is 2.08. The van der Waals surface area contributed by atoms with Crippen molar-refractivity contribution in [2.45, 2.75) is 33.2 Å². The van der Waals surface area contributed by atoms with Crippen LogP contribution in [0.4, 0.5) is 4.39 Å². The molecule has 3 heterocycles. The topological polar surface area (TPSA) is 12.7 Å². The van der Waals surface area contributed by atoms with Gasteiger partial charge in [0.1, 0.15) is 12.9 Å². The van der Waals surface area contributed by atoms with Gasteiger partial charge in [0.15, 0.2) is 6.20 Å². The number of aromatic nitrogens is 2. The van der Waals surface area contributed by atoms with Crippen molar-refractivity contribution in [3.05, 3.63) is 82.6 Å². The van der Waals surface area contributed by atoms with Crippen LogP contribution in [0.5, 0.6) is 0 Å². The second-order valence-corrected chi connectivity index (χ2v) is 9.49. The predicted octanol–water partition coefficient (Wildman–Crippen LogP) is 6.72. The zero-order valence-electron chi connectivity index (χ0n) is 18.8. The number of fused-ring (bicyclic) bond motifs is 5. The molecule has 0 aliphatic heterocycles. The highest BCUT2D eigenvalue weighted by molar-refractivity contribution is 6.26. The van der Waals surface area contributed by atoms with Crippen LogP contribution in [0.25, 0.3) is 53.8 Å². The molecular weight excluding hydrogens is 397 g/mol. The van der Waals surface area contributed by atoms with E-state index in [1.165, 1.54) is 22.0 Å². The van der Waals surface area contributed by atoms with Gasteiger partial charge < -0.3 is 9.25 Å². The largest absolute Gasteiger partial charge is 0.307 e. The fraction of sp³-hybridized carbons (Fsp3) is 0.214. The van der Waals surface area contributed by atoms with Crippen molar-refractivity contribution in [3.8, 4) is 0 Å². The van der Waals surface area contributed by atoms with Crippen molar-refractivity contribution in [1.29, 1.82) is 0 Å². The summed E-state index contributed by atoms with van der Waals surface area (Å²) < 4.78 is 18.9. The Bertz CT molecular complexity index is 1800. The summed E-state index contributed by atoms with van der Waals surface area (Å²) in [6, 6.07) is 13.7. The molecule has 6 aromatic rings. The first-order valence-corrected chi connectivity index (χ1v) is 10.8. The molecule has 3 nitrogen and oxygen atoms in total. The van der Waals surface area contributed by atoms with Crippen LogP contribution >= 0.6 is 0 Å². The van der Waals surface area contributed by atoms with Gasteiger partial charge in [-0.15, -0.1) is 0 Å². The van der Waals surface area contributed by atoms with Crippen molar-refractivity contribution in [1.82, 2.24) is 4.40 Å². The Kier molecular flexibility index (Phi) is 3.54. The minimum atomic E-state index is -0.653. The molecule has 3 aromatic heterocycles. The van der Waals surface area contributed by atoms with Crippen molar-refractivity contribution in [2.75, 3.05) is 0 Å². The second-order valence-electron chi connectivity index (χ2n) is 9.49. The summed E-state index contributed by atoms with van der Waals surface area (Å²) >= 11 is 0. The van der Waals surface area contributed by atoms with Gasteiger partial charge >= 0.3 is 0 Å². The molecule has 32 heavy (non-hydrogen) atoms. The first-order chi connectivity index (χ1) is 15.2. The van der Waals surface area contributed by atoms with Crippen molar-refractivity contribution in [2.24, 2.45) is 7.05 Å². The molecule has 0 aliphatic rings. The average molecular weight is 421 g/mol. The molecular formula is C28H23FN3+. The van der Waals surface area contributed by atoms with Crippen LogP contribution in [0.15, 0.2) is 48.7 Å². The van der Waals surface area contributed by atoms with Gasteiger partial charge in [-0.25, -0.2) is 15.5 Å². The van der Waals surface area contributed by atoms with E-state index in [9.17, 15) is 4.39 Å². The maximum atomic E-state index is 14.5. The van der Waals surface area contributed by atoms with Gasteiger partial charge in [0.05, 0.1) is 27.3 Å². The van der Waals surface area contributed by atoms with E-state index in [-0.39, 0.29) is 5.82 Å². The van der Waals surface area contributed by atoms with E-state index in [1.54, 1.807) is 12.1 Å². The number of hydrogen-bond donors (Lipinski definition) is 0. The molecule has 0 spiro atoms. The summed E-state index contributed by atoms with van der Waals surface area (Å²) in [6.45, 7) is 16.0. The van der Waals surface area contributed by atoms with Gasteiger partial charge in [-0.3, -0.25) is 0 Å². The van der Waals surface area contributed by atoms with Gasteiger partial charge in [-0.05, 0) is 66.8 Å². The molecule has 0 aliphatic carbocycles. The molecule has 0 N–H and O–H groups in total. The average Bonchev–Trinajstić information content (AvgIpc) is 3.08. The van der Waals surface area contributed by atoms with Gasteiger partial charge in [-0.1, -0.05) is 0 Å². The molecule has 0 amide bonds. The molecule has 0 radical (unpaired) electrons. The molecule has 0 fully saturated rings. The third-order valence-electron chi connectivity index (χ3n) is 7.21.